The number of halogens is 2. The van der Waals surface area contributed by atoms with Gasteiger partial charge in [0, 0.05) is 49.7 Å². The Morgan fingerprint density at radius 3 is 2.33 bits per heavy atom. The molecule has 0 amide bonds. The Morgan fingerprint density at radius 2 is 1.79 bits per heavy atom. The predicted octanol–water partition coefficient (Wildman–Crippen LogP) is 1.83. The van der Waals surface area contributed by atoms with E-state index in [1.807, 2.05) is 29.2 Å². The maximum Gasteiger partial charge on any atom is 0.191 e. The molecule has 0 aromatic heterocycles. The van der Waals surface area contributed by atoms with Crippen LogP contribution in [-0.4, -0.2) is 64.0 Å². The van der Waals surface area contributed by atoms with Crippen LogP contribution in [0.25, 0.3) is 0 Å². The molecule has 1 aliphatic rings. The first-order valence-corrected chi connectivity index (χ1v) is 10.0. The Kier molecular flexibility index (Phi) is 8.58. The highest BCUT2D eigenvalue weighted by Gasteiger charge is 2.18. The van der Waals surface area contributed by atoms with Crippen molar-refractivity contribution in [2.75, 3.05) is 49.6 Å². The summed E-state index contributed by atoms with van der Waals surface area (Å²) in [5.41, 5.74) is 7.14. The molecular formula is C15H24ClIN4O2S. The predicted molar refractivity (Wildman–Crippen MR) is 111 cm³/mol. The highest BCUT2D eigenvalue weighted by molar-refractivity contribution is 14.0. The van der Waals surface area contributed by atoms with Crippen molar-refractivity contribution in [2.24, 2.45) is 10.7 Å². The number of aliphatic imine (C=N–C) groups is 1. The quantitative estimate of drug-likeness (QED) is 0.297. The van der Waals surface area contributed by atoms with Gasteiger partial charge in [-0.05, 0) is 30.7 Å². The van der Waals surface area contributed by atoms with Crippen LogP contribution in [0.15, 0.2) is 29.3 Å². The zero-order valence-corrected chi connectivity index (χ0v) is 17.6. The highest BCUT2D eigenvalue weighted by Crippen LogP contribution is 2.19. The van der Waals surface area contributed by atoms with Gasteiger partial charge in [0.2, 0.25) is 0 Å². The second kappa shape index (κ2) is 9.67. The fourth-order valence-corrected chi connectivity index (χ4v) is 3.25. The highest BCUT2D eigenvalue weighted by atomic mass is 127. The lowest BCUT2D eigenvalue weighted by Crippen LogP contribution is -2.51. The fraction of sp³-hybridized carbons (Fsp3) is 0.533. The van der Waals surface area contributed by atoms with Gasteiger partial charge in [-0.1, -0.05) is 11.6 Å². The summed E-state index contributed by atoms with van der Waals surface area (Å²) in [6, 6.07) is 7.81. The summed E-state index contributed by atoms with van der Waals surface area (Å²) in [4.78, 5) is 8.60. The Balaban J connectivity index is 0.00000288. The van der Waals surface area contributed by atoms with E-state index in [0.717, 1.165) is 36.9 Å². The number of nitrogens with two attached hydrogens (primary N) is 1. The lowest BCUT2D eigenvalue weighted by molar-refractivity contribution is 0.381. The molecule has 0 unspecified atom stereocenters. The van der Waals surface area contributed by atoms with Gasteiger partial charge in [-0.2, -0.15) is 0 Å². The molecule has 1 heterocycles. The van der Waals surface area contributed by atoms with Crippen LogP contribution in [0.1, 0.15) is 6.42 Å². The van der Waals surface area contributed by atoms with E-state index in [-0.39, 0.29) is 29.7 Å². The molecule has 24 heavy (non-hydrogen) atoms. The van der Waals surface area contributed by atoms with Gasteiger partial charge >= 0.3 is 0 Å². The standard InChI is InChI=1S/C15H23ClN4O2S.HI/c1-23(21,22)12-2-7-18-15(17)20-10-8-19(9-11-20)14-5-3-13(16)4-6-14;/h3-6H,2,7-12H2,1H3,(H2,17,18);1H. The summed E-state index contributed by atoms with van der Waals surface area (Å²) in [6.45, 7) is 3.76. The molecule has 9 heteroatoms. The maximum atomic E-state index is 11.1. The van der Waals surface area contributed by atoms with Gasteiger partial charge in [0.25, 0.3) is 0 Å². The van der Waals surface area contributed by atoms with Crippen LogP contribution in [-0.2, 0) is 9.84 Å². The van der Waals surface area contributed by atoms with Crippen molar-refractivity contribution in [3.05, 3.63) is 29.3 Å². The van der Waals surface area contributed by atoms with E-state index in [1.165, 1.54) is 6.26 Å². The topological polar surface area (TPSA) is 79.0 Å². The molecule has 0 spiro atoms. The summed E-state index contributed by atoms with van der Waals surface area (Å²) in [7, 11) is -2.93. The van der Waals surface area contributed by atoms with Crippen molar-refractivity contribution in [3.8, 4) is 0 Å². The molecule has 1 aromatic rings. The van der Waals surface area contributed by atoms with Gasteiger partial charge in [-0.3, -0.25) is 4.99 Å². The second-order valence-electron chi connectivity index (χ2n) is 5.67. The molecular weight excluding hydrogens is 463 g/mol. The number of guanidine groups is 1. The minimum atomic E-state index is -2.93. The van der Waals surface area contributed by atoms with Crippen LogP contribution >= 0.6 is 35.6 Å². The normalized spacial score (nSPS) is 16.0. The average Bonchev–Trinajstić information content (AvgIpc) is 2.51. The van der Waals surface area contributed by atoms with E-state index in [1.54, 1.807) is 0 Å². The largest absolute Gasteiger partial charge is 0.370 e. The Morgan fingerprint density at radius 1 is 1.21 bits per heavy atom. The maximum absolute atomic E-state index is 11.1. The number of rotatable bonds is 5. The molecule has 1 saturated heterocycles. The van der Waals surface area contributed by atoms with E-state index < -0.39 is 9.84 Å². The van der Waals surface area contributed by atoms with E-state index >= 15 is 0 Å². The van der Waals surface area contributed by atoms with Gasteiger partial charge in [0.15, 0.2) is 5.96 Å². The summed E-state index contributed by atoms with van der Waals surface area (Å²) in [6.07, 6.45) is 1.74. The fourth-order valence-electron chi connectivity index (χ4n) is 2.47. The van der Waals surface area contributed by atoms with E-state index in [0.29, 0.717) is 18.9 Å². The van der Waals surface area contributed by atoms with Crippen molar-refractivity contribution in [2.45, 2.75) is 6.42 Å². The lowest BCUT2D eigenvalue weighted by Gasteiger charge is -2.36. The number of piperazine rings is 1. The van der Waals surface area contributed by atoms with E-state index in [4.69, 9.17) is 17.3 Å². The minimum Gasteiger partial charge on any atom is -0.370 e. The summed E-state index contributed by atoms with van der Waals surface area (Å²) >= 11 is 5.91. The van der Waals surface area contributed by atoms with Gasteiger partial charge in [0.1, 0.15) is 9.84 Å². The average molecular weight is 487 g/mol. The van der Waals surface area contributed by atoms with Crippen LogP contribution < -0.4 is 10.6 Å². The minimum absolute atomic E-state index is 0. The molecule has 1 aliphatic heterocycles. The summed E-state index contributed by atoms with van der Waals surface area (Å²) in [5.74, 6) is 0.642. The van der Waals surface area contributed by atoms with Crippen molar-refractivity contribution in [1.29, 1.82) is 0 Å². The first kappa shape index (κ1) is 21.3. The van der Waals surface area contributed by atoms with Crippen molar-refractivity contribution in [1.82, 2.24) is 4.90 Å². The van der Waals surface area contributed by atoms with Crippen molar-refractivity contribution in [3.63, 3.8) is 0 Å². The van der Waals surface area contributed by atoms with Gasteiger partial charge < -0.3 is 15.5 Å². The molecule has 0 atom stereocenters. The van der Waals surface area contributed by atoms with E-state index in [9.17, 15) is 8.42 Å². The molecule has 6 nitrogen and oxygen atoms in total. The molecule has 0 bridgehead atoms. The zero-order valence-electron chi connectivity index (χ0n) is 13.7. The van der Waals surface area contributed by atoms with Gasteiger partial charge in [0.05, 0.1) is 5.75 Å². The molecule has 0 saturated carbocycles. The molecule has 0 aliphatic carbocycles. The number of benzene rings is 1. The molecule has 0 radical (unpaired) electrons. The molecule has 1 fully saturated rings. The van der Waals surface area contributed by atoms with Crippen LogP contribution in [0.3, 0.4) is 0 Å². The van der Waals surface area contributed by atoms with Crippen LogP contribution in [0.2, 0.25) is 5.02 Å². The lowest BCUT2D eigenvalue weighted by atomic mass is 10.2. The Labute approximate surface area is 166 Å². The number of anilines is 1. The third kappa shape index (κ3) is 7.02. The van der Waals surface area contributed by atoms with Crippen molar-refractivity contribution < 1.29 is 8.42 Å². The van der Waals surface area contributed by atoms with Crippen LogP contribution in [0.5, 0.6) is 0 Å². The summed E-state index contributed by atoms with van der Waals surface area (Å²) < 4.78 is 22.1. The Bertz CT molecular complexity index is 644. The zero-order chi connectivity index (χ0) is 16.9. The second-order valence-corrected chi connectivity index (χ2v) is 8.37. The van der Waals surface area contributed by atoms with Crippen LogP contribution in [0.4, 0.5) is 5.69 Å². The molecule has 136 valence electrons. The third-order valence-corrected chi connectivity index (χ3v) is 5.02. The Hall–Kier alpha value is -0.740. The monoisotopic (exact) mass is 486 g/mol. The van der Waals surface area contributed by atoms with Crippen LogP contribution in [0, 0.1) is 0 Å². The van der Waals surface area contributed by atoms with Gasteiger partial charge in [-0.15, -0.1) is 24.0 Å². The van der Waals surface area contributed by atoms with Crippen molar-refractivity contribution >= 4 is 57.1 Å². The smallest absolute Gasteiger partial charge is 0.191 e. The molecule has 2 N–H and O–H groups in total. The summed E-state index contributed by atoms with van der Waals surface area (Å²) in [5, 5.41) is 0.734. The third-order valence-electron chi connectivity index (χ3n) is 3.74. The first-order valence-electron chi connectivity index (χ1n) is 7.58. The van der Waals surface area contributed by atoms with E-state index in [2.05, 4.69) is 9.89 Å². The first-order chi connectivity index (χ1) is 10.8. The molecule has 1 aromatic carbocycles. The number of nitrogens with zero attached hydrogens (tertiary/aromatic N) is 3. The number of hydrogen-bond acceptors (Lipinski definition) is 4. The number of sulfone groups is 1. The molecule has 2 rings (SSSR count). The number of hydrogen-bond donors (Lipinski definition) is 1. The SMILES string of the molecule is CS(=O)(=O)CCCN=C(N)N1CCN(c2ccc(Cl)cc2)CC1.I. The van der Waals surface area contributed by atoms with Gasteiger partial charge in [-0.25, -0.2) is 8.42 Å².